The van der Waals surface area contributed by atoms with Gasteiger partial charge in [0.2, 0.25) is 5.91 Å². The van der Waals surface area contributed by atoms with Crippen LogP contribution in [0.2, 0.25) is 0 Å². The fourth-order valence-corrected chi connectivity index (χ4v) is 3.18. The first-order valence-corrected chi connectivity index (χ1v) is 8.36. The van der Waals surface area contributed by atoms with Crippen LogP contribution in [0.15, 0.2) is 42.9 Å². The molecular weight excluding hydrogens is 399 g/mol. The van der Waals surface area contributed by atoms with Gasteiger partial charge in [0.05, 0.1) is 24.5 Å². The van der Waals surface area contributed by atoms with Crippen molar-refractivity contribution in [1.82, 2.24) is 19.6 Å². The van der Waals surface area contributed by atoms with Crippen molar-refractivity contribution >= 4 is 58.8 Å². The Labute approximate surface area is 172 Å². The molecule has 3 aromatic heterocycles. The van der Waals surface area contributed by atoms with E-state index in [0.29, 0.717) is 11.5 Å². The van der Waals surface area contributed by atoms with Crippen LogP contribution in [0.1, 0.15) is 12.8 Å². The van der Waals surface area contributed by atoms with Crippen molar-refractivity contribution in [3.8, 4) is 11.1 Å². The molecule has 1 aromatic carbocycles. The zero-order valence-electron chi connectivity index (χ0n) is 14.5. The number of aromatic amines is 1. The highest BCUT2D eigenvalue weighted by atomic mass is 35.5. The largest absolute Gasteiger partial charge is 0.309 e. The number of H-pyrrole nitrogens is 1. The van der Waals surface area contributed by atoms with Gasteiger partial charge in [0.1, 0.15) is 5.65 Å². The molecular formula is C19H16Cl2N6O. The van der Waals surface area contributed by atoms with Crippen LogP contribution in [0.4, 0.5) is 11.5 Å². The normalized spacial score (nSPS) is 12.8. The maximum absolute atomic E-state index is 11.9. The lowest BCUT2D eigenvalue weighted by Gasteiger charge is -2.07. The monoisotopic (exact) mass is 414 g/mol. The van der Waals surface area contributed by atoms with Crippen LogP contribution in [0, 0.1) is 12.5 Å². The maximum atomic E-state index is 11.9. The van der Waals surface area contributed by atoms with Crippen molar-refractivity contribution in [1.29, 1.82) is 0 Å². The number of nitrogens with zero attached hydrogens (tertiary/aromatic N) is 4. The van der Waals surface area contributed by atoms with Crippen LogP contribution < -0.4 is 5.32 Å². The average Bonchev–Trinajstić information content (AvgIpc) is 3.26. The number of amides is 1. The van der Waals surface area contributed by atoms with Crippen LogP contribution in [-0.2, 0) is 4.79 Å². The number of carbonyl (C=O) groups is 1. The molecule has 2 N–H and O–H groups in total. The number of hydrogen-bond donors (Lipinski definition) is 2. The Morgan fingerprint density at radius 3 is 2.79 bits per heavy atom. The Morgan fingerprint density at radius 2 is 2.04 bits per heavy atom. The van der Waals surface area contributed by atoms with Gasteiger partial charge in [-0.1, -0.05) is 12.1 Å². The zero-order chi connectivity index (χ0) is 17.7. The molecule has 0 saturated heterocycles. The molecule has 0 radical (unpaired) electrons. The summed E-state index contributed by atoms with van der Waals surface area (Å²) in [5.74, 6) is 0.716. The van der Waals surface area contributed by atoms with Crippen LogP contribution in [0.25, 0.3) is 32.5 Å². The highest BCUT2D eigenvalue weighted by molar-refractivity contribution is 6.01. The van der Waals surface area contributed by atoms with Crippen molar-refractivity contribution < 1.29 is 4.79 Å². The lowest BCUT2D eigenvalue weighted by Crippen LogP contribution is -2.13. The summed E-state index contributed by atoms with van der Waals surface area (Å²) in [6.45, 7) is 7.48. The van der Waals surface area contributed by atoms with Crippen LogP contribution in [0.5, 0.6) is 0 Å². The Kier molecular flexibility index (Phi) is 5.27. The van der Waals surface area contributed by atoms with E-state index in [4.69, 9.17) is 6.57 Å². The molecule has 142 valence electrons. The summed E-state index contributed by atoms with van der Waals surface area (Å²) in [6.07, 6.45) is 7.37. The van der Waals surface area contributed by atoms with Gasteiger partial charge >= 0.3 is 0 Å². The second-order valence-electron chi connectivity index (χ2n) is 6.48. The molecule has 1 aliphatic carbocycles. The number of imidazole rings is 1. The van der Waals surface area contributed by atoms with E-state index < -0.39 is 0 Å². The molecule has 0 spiro atoms. The molecule has 1 saturated carbocycles. The van der Waals surface area contributed by atoms with E-state index in [1.807, 2.05) is 28.8 Å². The van der Waals surface area contributed by atoms with Crippen molar-refractivity contribution in [2.75, 3.05) is 5.32 Å². The Hall–Kier alpha value is -3.08. The number of rotatable bonds is 3. The molecule has 3 heterocycles. The third kappa shape index (κ3) is 3.28. The standard InChI is InChI=1S/C19H14N6O.2ClH/c1-20-15-6-5-14-13(8-21-24-14)18(15)12-4-7-17-22-16(10-25(17)9-12)23-19(26)11-2-3-11;;/h4-11H,2-3H2,(H,21,24)(H,23,26);2*1H. The molecule has 28 heavy (non-hydrogen) atoms. The molecule has 1 aliphatic rings. The van der Waals surface area contributed by atoms with Crippen LogP contribution >= 0.6 is 24.8 Å². The van der Waals surface area contributed by atoms with E-state index in [2.05, 4.69) is 25.3 Å². The Morgan fingerprint density at radius 1 is 1.21 bits per heavy atom. The van der Waals surface area contributed by atoms with Gasteiger partial charge in [0.25, 0.3) is 0 Å². The number of hydrogen-bond acceptors (Lipinski definition) is 3. The Bertz CT molecular complexity index is 1220. The number of pyridine rings is 1. The molecule has 0 bridgehead atoms. The SMILES string of the molecule is Cl.Cl.[C-]#[N+]c1ccc2[nH]ncc2c1-c1ccc2nc(NC(=O)C3CC3)cn2c1. The van der Waals surface area contributed by atoms with E-state index in [1.165, 1.54) is 0 Å². The number of nitrogens with one attached hydrogen (secondary N) is 2. The molecule has 1 amide bonds. The predicted octanol–water partition coefficient (Wildman–Crippen LogP) is 4.62. The van der Waals surface area contributed by atoms with Gasteiger partial charge < -0.3 is 9.72 Å². The van der Waals surface area contributed by atoms with Crippen molar-refractivity contribution in [3.05, 3.63) is 54.3 Å². The molecule has 7 nitrogen and oxygen atoms in total. The van der Waals surface area contributed by atoms with E-state index in [1.54, 1.807) is 18.5 Å². The van der Waals surface area contributed by atoms with Gasteiger partial charge in [0, 0.05) is 23.1 Å². The molecule has 0 aliphatic heterocycles. The van der Waals surface area contributed by atoms with Gasteiger partial charge in [-0.15, -0.1) is 24.8 Å². The number of anilines is 1. The summed E-state index contributed by atoms with van der Waals surface area (Å²) < 4.78 is 1.87. The number of halogens is 2. The quantitative estimate of drug-likeness (QED) is 0.479. The van der Waals surface area contributed by atoms with Crippen molar-refractivity contribution in [2.24, 2.45) is 5.92 Å². The maximum Gasteiger partial charge on any atom is 0.228 e. The number of carbonyl (C=O) groups excluding carboxylic acids is 1. The molecule has 0 unspecified atom stereocenters. The fourth-order valence-electron chi connectivity index (χ4n) is 3.18. The average molecular weight is 415 g/mol. The third-order valence-corrected chi connectivity index (χ3v) is 4.66. The van der Waals surface area contributed by atoms with E-state index in [0.717, 1.165) is 40.5 Å². The summed E-state index contributed by atoms with van der Waals surface area (Å²) in [7, 11) is 0. The number of fused-ring (bicyclic) bond motifs is 2. The third-order valence-electron chi connectivity index (χ3n) is 4.66. The molecule has 1 fully saturated rings. The fraction of sp³-hybridized carbons (Fsp3) is 0.158. The molecule has 4 aromatic rings. The van der Waals surface area contributed by atoms with Gasteiger partial charge in [0.15, 0.2) is 11.5 Å². The second kappa shape index (κ2) is 7.50. The summed E-state index contributed by atoms with van der Waals surface area (Å²) in [5.41, 5.74) is 3.93. The zero-order valence-corrected chi connectivity index (χ0v) is 16.2. The highest BCUT2D eigenvalue weighted by Crippen LogP contribution is 2.37. The summed E-state index contributed by atoms with van der Waals surface area (Å²) >= 11 is 0. The first kappa shape index (κ1) is 19.7. The lowest BCUT2D eigenvalue weighted by molar-refractivity contribution is -0.117. The van der Waals surface area contributed by atoms with Gasteiger partial charge in [-0.3, -0.25) is 9.89 Å². The topological polar surface area (TPSA) is 79.4 Å². The van der Waals surface area contributed by atoms with E-state index in [9.17, 15) is 4.79 Å². The van der Waals surface area contributed by atoms with Gasteiger partial charge in [-0.2, -0.15) is 5.10 Å². The van der Waals surface area contributed by atoms with Crippen molar-refractivity contribution in [2.45, 2.75) is 12.8 Å². The lowest BCUT2D eigenvalue weighted by atomic mass is 10.0. The minimum absolute atomic E-state index is 0. The van der Waals surface area contributed by atoms with Crippen molar-refractivity contribution in [3.63, 3.8) is 0 Å². The van der Waals surface area contributed by atoms with E-state index >= 15 is 0 Å². The highest BCUT2D eigenvalue weighted by Gasteiger charge is 2.30. The first-order valence-electron chi connectivity index (χ1n) is 8.36. The Balaban J connectivity index is 0.00000112. The minimum atomic E-state index is 0. The summed E-state index contributed by atoms with van der Waals surface area (Å²) in [5, 5.41) is 10.8. The summed E-state index contributed by atoms with van der Waals surface area (Å²) in [4.78, 5) is 20.0. The molecule has 9 heteroatoms. The number of aromatic nitrogens is 4. The summed E-state index contributed by atoms with van der Waals surface area (Å²) in [6, 6.07) is 7.47. The second-order valence-corrected chi connectivity index (χ2v) is 6.48. The molecule has 0 atom stereocenters. The first-order chi connectivity index (χ1) is 12.7. The smallest absolute Gasteiger partial charge is 0.228 e. The minimum Gasteiger partial charge on any atom is -0.309 e. The van der Waals surface area contributed by atoms with Crippen LogP contribution in [0.3, 0.4) is 0 Å². The van der Waals surface area contributed by atoms with Gasteiger partial charge in [-0.25, -0.2) is 9.83 Å². The molecule has 5 rings (SSSR count). The van der Waals surface area contributed by atoms with Gasteiger partial charge in [-0.05, 0) is 30.5 Å². The van der Waals surface area contributed by atoms with Crippen LogP contribution in [-0.4, -0.2) is 25.5 Å². The number of benzene rings is 1. The predicted molar refractivity (Wildman–Crippen MR) is 112 cm³/mol. The van der Waals surface area contributed by atoms with E-state index in [-0.39, 0.29) is 36.6 Å².